The molecular formula is C16H19Cl2N3. The number of aromatic nitrogens is 2. The Morgan fingerprint density at radius 1 is 1.29 bits per heavy atom. The molecule has 1 N–H and O–H groups in total. The first kappa shape index (κ1) is 14.9. The SMILES string of the molecule is CC(c1ccc(Cl)cc1Cl)n1cncc1C1CCNCC1. The number of rotatable bonds is 3. The standard InChI is InChI=1S/C16H19Cl2N3/c1-11(14-3-2-13(17)8-15(14)18)21-10-20-9-16(21)12-4-6-19-7-5-12/h2-3,8-12,19H,4-7H2,1H3. The second-order valence-electron chi connectivity index (χ2n) is 5.59. The van der Waals surface area contributed by atoms with E-state index in [0.717, 1.165) is 31.5 Å². The van der Waals surface area contributed by atoms with Crippen molar-refractivity contribution in [2.75, 3.05) is 13.1 Å². The second kappa shape index (κ2) is 6.39. The quantitative estimate of drug-likeness (QED) is 0.914. The van der Waals surface area contributed by atoms with Crippen LogP contribution in [0, 0.1) is 0 Å². The molecule has 0 aliphatic carbocycles. The monoisotopic (exact) mass is 323 g/mol. The number of nitrogens with one attached hydrogen (secondary N) is 1. The van der Waals surface area contributed by atoms with Crippen LogP contribution in [0.5, 0.6) is 0 Å². The predicted molar refractivity (Wildman–Crippen MR) is 87.3 cm³/mol. The zero-order valence-corrected chi connectivity index (χ0v) is 13.5. The fourth-order valence-corrected chi connectivity index (χ4v) is 3.63. The van der Waals surface area contributed by atoms with Gasteiger partial charge in [0.1, 0.15) is 0 Å². The summed E-state index contributed by atoms with van der Waals surface area (Å²) in [5.41, 5.74) is 2.38. The van der Waals surface area contributed by atoms with Gasteiger partial charge in [-0.1, -0.05) is 29.3 Å². The lowest BCUT2D eigenvalue weighted by Gasteiger charge is -2.26. The van der Waals surface area contributed by atoms with Crippen molar-refractivity contribution >= 4 is 23.2 Å². The minimum Gasteiger partial charge on any atom is -0.327 e. The summed E-state index contributed by atoms with van der Waals surface area (Å²) in [6.45, 7) is 4.30. The highest BCUT2D eigenvalue weighted by atomic mass is 35.5. The van der Waals surface area contributed by atoms with Gasteiger partial charge >= 0.3 is 0 Å². The van der Waals surface area contributed by atoms with E-state index < -0.39 is 0 Å². The number of nitrogens with zero attached hydrogens (tertiary/aromatic N) is 2. The first-order valence-corrected chi connectivity index (χ1v) is 8.10. The van der Waals surface area contributed by atoms with Gasteiger partial charge in [0.2, 0.25) is 0 Å². The molecule has 0 amide bonds. The van der Waals surface area contributed by atoms with Gasteiger partial charge in [-0.3, -0.25) is 0 Å². The Kier molecular flexibility index (Phi) is 4.53. The van der Waals surface area contributed by atoms with E-state index in [1.807, 2.05) is 24.7 Å². The number of hydrogen-bond donors (Lipinski definition) is 1. The highest BCUT2D eigenvalue weighted by molar-refractivity contribution is 6.35. The molecule has 2 aromatic rings. The maximum Gasteiger partial charge on any atom is 0.0953 e. The van der Waals surface area contributed by atoms with Gasteiger partial charge in [-0.05, 0) is 50.6 Å². The summed E-state index contributed by atoms with van der Waals surface area (Å²) < 4.78 is 2.24. The van der Waals surface area contributed by atoms with Crippen molar-refractivity contribution in [3.05, 3.63) is 52.0 Å². The largest absolute Gasteiger partial charge is 0.327 e. The summed E-state index contributed by atoms with van der Waals surface area (Å²) in [4.78, 5) is 4.36. The minimum atomic E-state index is 0.155. The van der Waals surface area contributed by atoms with Gasteiger partial charge < -0.3 is 9.88 Å². The average molecular weight is 324 g/mol. The summed E-state index contributed by atoms with van der Waals surface area (Å²) in [7, 11) is 0. The normalized spacial score (nSPS) is 17.9. The molecule has 1 aliphatic heterocycles. The highest BCUT2D eigenvalue weighted by Crippen LogP contribution is 2.32. The molecule has 21 heavy (non-hydrogen) atoms. The van der Waals surface area contributed by atoms with Crippen LogP contribution >= 0.6 is 23.2 Å². The molecule has 1 atom stereocenters. The molecule has 1 aliphatic rings. The number of hydrogen-bond acceptors (Lipinski definition) is 2. The number of piperidine rings is 1. The minimum absolute atomic E-state index is 0.155. The fraction of sp³-hybridized carbons (Fsp3) is 0.438. The smallest absolute Gasteiger partial charge is 0.0953 e. The van der Waals surface area contributed by atoms with Gasteiger partial charge in [-0.15, -0.1) is 0 Å². The Balaban J connectivity index is 1.91. The Morgan fingerprint density at radius 2 is 2.05 bits per heavy atom. The molecule has 1 unspecified atom stereocenters. The molecular weight excluding hydrogens is 305 g/mol. The molecule has 5 heteroatoms. The van der Waals surface area contributed by atoms with Gasteiger partial charge in [0.05, 0.1) is 12.4 Å². The fourth-order valence-electron chi connectivity index (χ4n) is 3.06. The summed E-state index contributed by atoms with van der Waals surface area (Å²) in [6.07, 6.45) is 6.23. The van der Waals surface area contributed by atoms with Gasteiger partial charge in [-0.25, -0.2) is 4.98 Å². The van der Waals surface area contributed by atoms with Crippen molar-refractivity contribution in [1.29, 1.82) is 0 Å². The molecule has 0 spiro atoms. The third-order valence-electron chi connectivity index (χ3n) is 4.28. The Bertz CT molecular complexity index is 618. The van der Waals surface area contributed by atoms with E-state index in [1.54, 1.807) is 6.07 Å². The van der Waals surface area contributed by atoms with Crippen molar-refractivity contribution < 1.29 is 0 Å². The van der Waals surface area contributed by atoms with Crippen LogP contribution in [0.25, 0.3) is 0 Å². The van der Waals surface area contributed by atoms with Crippen LogP contribution in [0.4, 0.5) is 0 Å². The number of benzene rings is 1. The molecule has 2 heterocycles. The molecule has 3 rings (SSSR count). The van der Waals surface area contributed by atoms with Crippen LogP contribution in [0.15, 0.2) is 30.7 Å². The van der Waals surface area contributed by atoms with E-state index >= 15 is 0 Å². The first-order chi connectivity index (χ1) is 10.2. The van der Waals surface area contributed by atoms with Gasteiger partial charge in [0.15, 0.2) is 0 Å². The molecule has 1 aromatic carbocycles. The van der Waals surface area contributed by atoms with Crippen LogP contribution in [0.1, 0.15) is 43.0 Å². The number of imidazole rings is 1. The number of halogens is 2. The van der Waals surface area contributed by atoms with Crippen LogP contribution in [0.2, 0.25) is 10.0 Å². The maximum atomic E-state index is 6.35. The van der Waals surface area contributed by atoms with Crippen molar-refractivity contribution in [3.63, 3.8) is 0 Å². The molecule has 112 valence electrons. The maximum absolute atomic E-state index is 6.35. The summed E-state index contributed by atoms with van der Waals surface area (Å²) in [6, 6.07) is 5.85. The molecule has 3 nitrogen and oxygen atoms in total. The lowest BCUT2D eigenvalue weighted by Crippen LogP contribution is -2.28. The Hall–Kier alpha value is -1.03. The van der Waals surface area contributed by atoms with Gasteiger partial charge in [0.25, 0.3) is 0 Å². The van der Waals surface area contributed by atoms with Crippen molar-refractivity contribution in [3.8, 4) is 0 Å². The third kappa shape index (κ3) is 3.10. The van der Waals surface area contributed by atoms with E-state index in [-0.39, 0.29) is 6.04 Å². The van der Waals surface area contributed by atoms with Crippen LogP contribution in [0.3, 0.4) is 0 Å². The lowest BCUT2D eigenvalue weighted by molar-refractivity contribution is 0.433. The molecule has 1 aromatic heterocycles. The van der Waals surface area contributed by atoms with Crippen LogP contribution in [-0.4, -0.2) is 22.6 Å². The van der Waals surface area contributed by atoms with Crippen LogP contribution < -0.4 is 5.32 Å². The summed E-state index contributed by atoms with van der Waals surface area (Å²) in [5, 5.41) is 4.78. The average Bonchev–Trinajstić information content (AvgIpc) is 2.97. The zero-order chi connectivity index (χ0) is 14.8. The molecule has 0 saturated carbocycles. The molecule has 0 bridgehead atoms. The molecule has 1 saturated heterocycles. The Morgan fingerprint density at radius 3 is 2.76 bits per heavy atom. The second-order valence-corrected chi connectivity index (χ2v) is 6.44. The van der Waals surface area contributed by atoms with Crippen LogP contribution in [-0.2, 0) is 0 Å². The van der Waals surface area contributed by atoms with E-state index in [0.29, 0.717) is 16.0 Å². The molecule has 1 fully saturated rings. The Labute approximate surface area is 135 Å². The topological polar surface area (TPSA) is 29.9 Å². The van der Waals surface area contributed by atoms with Crippen molar-refractivity contribution in [2.24, 2.45) is 0 Å². The van der Waals surface area contributed by atoms with Gasteiger partial charge in [0, 0.05) is 27.9 Å². The third-order valence-corrected chi connectivity index (χ3v) is 4.85. The van der Waals surface area contributed by atoms with E-state index in [9.17, 15) is 0 Å². The summed E-state index contributed by atoms with van der Waals surface area (Å²) in [5.74, 6) is 0.572. The summed E-state index contributed by atoms with van der Waals surface area (Å²) >= 11 is 12.3. The highest BCUT2D eigenvalue weighted by Gasteiger charge is 2.22. The van der Waals surface area contributed by atoms with Crippen molar-refractivity contribution in [2.45, 2.75) is 31.7 Å². The lowest BCUT2D eigenvalue weighted by atomic mass is 9.94. The van der Waals surface area contributed by atoms with E-state index in [2.05, 4.69) is 21.8 Å². The molecule has 0 radical (unpaired) electrons. The predicted octanol–water partition coefficient (Wildman–Crippen LogP) is 4.27. The van der Waals surface area contributed by atoms with Gasteiger partial charge in [-0.2, -0.15) is 0 Å². The zero-order valence-electron chi connectivity index (χ0n) is 12.0. The van der Waals surface area contributed by atoms with Crippen molar-refractivity contribution in [1.82, 2.24) is 14.9 Å². The van der Waals surface area contributed by atoms with E-state index in [4.69, 9.17) is 23.2 Å². The first-order valence-electron chi connectivity index (χ1n) is 7.34. The van der Waals surface area contributed by atoms with E-state index in [1.165, 1.54) is 5.69 Å².